The molecule has 0 aliphatic carbocycles. The molecule has 0 aliphatic heterocycles. The highest BCUT2D eigenvalue weighted by molar-refractivity contribution is 5.85. The summed E-state index contributed by atoms with van der Waals surface area (Å²) in [7, 11) is 0. The first kappa shape index (κ1) is 13.7. The first-order valence-corrected chi connectivity index (χ1v) is 4.48. The normalized spacial score (nSPS) is 11.3. The number of aliphatic carboxylic acids is 1. The van der Waals surface area contributed by atoms with Gasteiger partial charge in [-0.25, -0.2) is 0 Å². The molecule has 1 aromatic carbocycles. The monoisotopic (exact) mass is 230 g/mol. The molecule has 0 spiro atoms. The van der Waals surface area contributed by atoms with E-state index in [-0.39, 0.29) is 12.4 Å². The zero-order valence-electron chi connectivity index (χ0n) is 8.43. The third-order valence-corrected chi connectivity index (χ3v) is 2.19. The molecule has 84 valence electrons. The number of halogens is 1. The number of benzene rings is 1. The molecule has 1 aromatic rings. The van der Waals surface area contributed by atoms with E-state index in [9.17, 15) is 4.79 Å². The topological polar surface area (TPSA) is 75.3 Å². The lowest BCUT2D eigenvalue weighted by atomic mass is 9.97. The Morgan fingerprint density at radius 3 is 2.33 bits per heavy atom. The van der Waals surface area contributed by atoms with Crippen LogP contribution in [0.4, 0.5) is 5.69 Å². The highest BCUT2D eigenvalue weighted by Crippen LogP contribution is 2.21. The van der Waals surface area contributed by atoms with E-state index in [1.807, 2.05) is 6.92 Å². The molecule has 5 heteroatoms. The fourth-order valence-corrected chi connectivity index (χ4v) is 1.36. The summed E-state index contributed by atoms with van der Waals surface area (Å²) in [5, 5.41) is 8.91. The molecule has 0 saturated carbocycles. The maximum absolute atomic E-state index is 10.8. The van der Waals surface area contributed by atoms with E-state index in [0.717, 1.165) is 11.3 Å². The molecule has 0 aromatic heterocycles. The highest BCUT2D eigenvalue weighted by Gasteiger charge is 2.16. The number of carbonyl (C=O) groups is 1. The first-order valence-electron chi connectivity index (χ1n) is 4.48. The maximum atomic E-state index is 10.8. The van der Waals surface area contributed by atoms with Crippen molar-refractivity contribution in [2.75, 3.05) is 5.43 Å². The molecular formula is C10H15ClN2O2. The standard InChI is InChI=1S/C10H14N2O2.ClH/c1-2-9(10(13)14)7-3-5-8(12-11)6-4-7;/h3-6,9,12H,2,11H2,1H3,(H,13,14);1H. The number of hydrogen-bond acceptors (Lipinski definition) is 3. The van der Waals surface area contributed by atoms with Crippen molar-refractivity contribution in [2.45, 2.75) is 19.3 Å². The molecular weight excluding hydrogens is 216 g/mol. The molecule has 4 N–H and O–H groups in total. The second kappa shape index (κ2) is 6.27. The Labute approximate surface area is 94.9 Å². The minimum atomic E-state index is -0.791. The highest BCUT2D eigenvalue weighted by atomic mass is 35.5. The number of hydrogen-bond donors (Lipinski definition) is 3. The van der Waals surface area contributed by atoms with Crippen LogP contribution in [0.2, 0.25) is 0 Å². The summed E-state index contributed by atoms with van der Waals surface area (Å²) in [6, 6.07) is 7.08. The molecule has 0 radical (unpaired) electrons. The molecule has 0 fully saturated rings. The largest absolute Gasteiger partial charge is 0.481 e. The molecule has 15 heavy (non-hydrogen) atoms. The third-order valence-electron chi connectivity index (χ3n) is 2.19. The van der Waals surface area contributed by atoms with Crippen LogP contribution in [0.5, 0.6) is 0 Å². The average molecular weight is 231 g/mol. The van der Waals surface area contributed by atoms with Crippen molar-refractivity contribution in [1.29, 1.82) is 0 Å². The van der Waals surface area contributed by atoms with E-state index in [1.165, 1.54) is 0 Å². The summed E-state index contributed by atoms with van der Waals surface area (Å²) in [6.45, 7) is 1.86. The SMILES string of the molecule is CCC(C(=O)O)c1ccc(NN)cc1.Cl. The lowest BCUT2D eigenvalue weighted by Gasteiger charge is -2.10. The minimum Gasteiger partial charge on any atom is -0.481 e. The van der Waals surface area contributed by atoms with Crippen molar-refractivity contribution in [1.82, 2.24) is 0 Å². The number of nitrogens with one attached hydrogen (secondary N) is 1. The van der Waals surface area contributed by atoms with Crippen molar-refractivity contribution in [2.24, 2.45) is 5.84 Å². The van der Waals surface area contributed by atoms with Crippen molar-refractivity contribution in [3.8, 4) is 0 Å². The van der Waals surface area contributed by atoms with Gasteiger partial charge in [0, 0.05) is 5.69 Å². The number of rotatable bonds is 4. The fourth-order valence-electron chi connectivity index (χ4n) is 1.36. The Morgan fingerprint density at radius 2 is 2.00 bits per heavy atom. The van der Waals surface area contributed by atoms with E-state index < -0.39 is 11.9 Å². The number of hydrazine groups is 1. The zero-order chi connectivity index (χ0) is 10.6. The van der Waals surface area contributed by atoms with Gasteiger partial charge < -0.3 is 10.5 Å². The molecule has 0 bridgehead atoms. The van der Waals surface area contributed by atoms with Crippen LogP contribution in [0.25, 0.3) is 0 Å². The first-order chi connectivity index (χ1) is 6.69. The van der Waals surface area contributed by atoms with Crippen molar-refractivity contribution in [3.63, 3.8) is 0 Å². The summed E-state index contributed by atoms with van der Waals surface area (Å²) in [5.41, 5.74) is 4.07. The molecule has 0 saturated heterocycles. The maximum Gasteiger partial charge on any atom is 0.310 e. The van der Waals surface area contributed by atoms with Gasteiger partial charge in [-0.15, -0.1) is 12.4 Å². The summed E-state index contributed by atoms with van der Waals surface area (Å²) in [4.78, 5) is 10.8. The zero-order valence-corrected chi connectivity index (χ0v) is 9.25. The van der Waals surface area contributed by atoms with Crippen molar-refractivity contribution in [3.05, 3.63) is 29.8 Å². The molecule has 0 aliphatic rings. The van der Waals surface area contributed by atoms with Gasteiger partial charge in [0.2, 0.25) is 0 Å². The quantitative estimate of drug-likeness (QED) is 0.546. The van der Waals surface area contributed by atoms with Crippen molar-refractivity contribution >= 4 is 24.1 Å². The molecule has 1 unspecified atom stereocenters. The van der Waals surface area contributed by atoms with Gasteiger partial charge in [-0.05, 0) is 24.1 Å². The summed E-state index contributed by atoms with van der Waals surface area (Å²) < 4.78 is 0. The van der Waals surface area contributed by atoms with Crippen LogP contribution in [0.15, 0.2) is 24.3 Å². The van der Waals surface area contributed by atoms with Crippen LogP contribution in [0.1, 0.15) is 24.8 Å². The summed E-state index contributed by atoms with van der Waals surface area (Å²) >= 11 is 0. The van der Waals surface area contributed by atoms with Gasteiger partial charge in [-0.3, -0.25) is 10.6 Å². The van der Waals surface area contributed by atoms with Gasteiger partial charge in [0.1, 0.15) is 0 Å². The number of nitrogen functional groups attached to an aromatic ring is 1. The van der Waals surface area contributed by atoms with Crippen LogP contribution < -0.4 is 11.3 Å². The van der Waals surface area contributed by atoms with E-state index >= 15 is 0 Å². The summed E-state index contributed by atoms with van der Waals surface area (Å²) in [5.74, 6) is 3.98. The van der Waals surface area contributed by atoms with Crippen LogP contribution in [0.3, 0.4) is 0 Å². The van der Waals surface area contributed by atoms with E-state index in [4.69, 9.17) is 10.9 Å². The number of carboxylic acid groups (broad SMARTS) is 1. The molecule has 0 heterocycles. The minimum absolute atomic E-state index is 0. The predicted molar refractivity (Wildman–Crippen MR) is 62.2 cm³/mol. The Hall–Kier alpha value is -1.26. The predicted octanol–water partition coefficient (Wildman–Crippen LogP) is 1.97. The molecule has 1 rings (SSSR count). The summed E-state index contributed by atoms with van der Waals surface area (Å²) in [6.07, 6.45) is 0.588. The van der Waals surface area contributed by atoms with Gasteiger partial charge in [-0.1, -0.05) is 19.1 Å². The fraction of sp³-hybridized carbons (Fsp3) is 0.300. The Morgan fingerprint density at radius 1 is 1.47 bits per heavy atom. The lowest BCUT2D eigenvalue weighted by Crippen LogP contribution is -2.11. The van der Waals surface area contributed by atoms with Gasteiger partial charge in [0.25, 0.3) is 0 Å². The van der Waals surface area contributed by atoms with Crippen LogP contribution >= 0.6 is 12.4 Å². The smallest absolute Gasteiger partial charge is 0.310 e. The Bertz CT molecular complexity index is 314. The molecule has 1 atom stereocenters. The Kier molecular flexibility index (Phi) is 5.74. The number of nitrogens with two attached hydrogens (primary N) is 1. The average Bonchev–Trinajstić information content (AvgIpc) is 2.19. The second-order valence-corrected chi connectivity index (χ2v) is 3.07. The van der Waals surface area contributed by atoms with Crippen LogP contribution in [-0.2, 0) is 4.79 Å². The van der Waals surface area contributed by atoms with Gasteiger partial charge in [0.15, 0.2) is 0 Å². The van der Waals surface area contributed by atoms with Gasteiger partial charge in [0.05, 0.1) is 5.92 Å². The molecule has 0 amide bonds. The lowest BCUT2D eigenvalue weighted by molar-refractivity contribution is -0.138. The van der Waals surface area contributed by atoms with Gasteiger partial charge in [-0.2, -0.15) is 0 Å². The molecule has 4 nitrogen and oxygen atoms in total. The van der Waals surface area contributed by atoms with Gasteiger partial charge >= 0.3 is 5.97 Å². The second-order valence-electron chi connectivity index (χ2n) is 3.07. The number of anilines is 1. The third kappa shape index (κ3) is 3.42. The van der Waals surface area contributed by atoms with E-state index in [1.54, 1.807) is 24.3 Å². The number of carboxylic acids is 1. The van der Waals surface area contributed by atoms with Crippen LogP contribution in [0, 0.1) is 0 Å². The van der Waals surface area contributed by atoms with E-state index in [0.29, 0.717) is 6.42 Å². The Balaban J connectivity index is 0.00000196. The van der Waals surface area contributed by atoms with E-state index in [2.05, 4.69) is 5.43 Å². The van der Waals surface area contributed by atoms with Crippen molar-refractivity contribution < 1.29 is 9.90 Å². The van der Waals surface area contributed by atoms with Crippen LogP contribution in [-0.4, -0.2) is 11.1 Å².